The molecule has 4 heteroatoms. The first-order valence-corrected chi connectivity index (χ1v) is 4.67. The standard InChI is InChI=1S/C10H21N3O/c1-8(10(11)13(3)4)6-12-9(2)7-14-5/h6,9,11-12H,7H2,1-5H3/b8-6+,11-10?/t9-/m1/s1. The number of amidine groups is 1. The molecule has 0 aliphatic carbocycles. The lowest BCUT2D eigenvalue weighted by Crippen LogP contribution is -2.28. The first-order valence-electron chi connectivity index (χ1n) is 4.67. The van der Waals surface area contributed by atoms with Gasteiger partial charge in [-0.3, -0.25) is 5.41 Å². The Balaban J connectivity index is 4.05. The Morgan fingerprint density at radius 2 is 2.14 bits per heavy atom. The summed E-state index contributed by atoms with van der Waals surface area (Å²) >= 11 is 0. The van der Waals surface area contributed by atoms with Crippen LogP contribution in [-0.2, 0) is 4.74 Å². The van der Waals surface area contributed by atoms with Crippen LogP contribution in [0.5, 0.6) is 0 Å². The molecule has 2 N–H and O–H groups in total. The van der Waals surface area contributed by atoms with Gasteiger partial charge in [0.2, 0.25) is 0 Å². The third kappa shape index (κ3) is 4.87. The van der Waals surface area contributed by atoms with E-state index in [1.807, 2.05) is 34.1 Å². The van der Waals surface area contributed by atoms with Crippen LogP contribution in [0.4, 0.5) is 0 Å². The molecule has 0 aromatic heterocycles. The highest BCUT2D eigenvalue weighted by atomic mass is 16.5. The zero-order valence-electron chi connectivity index (χ0n) is 9.72. The maximum atomic E-state index is 7.68. The van der Waals surface area contributed by atoms with Crippen molar-refractivity contribution in [1.82, 2.24) is 10.2 Å². The number of ether oxygens (including phenoxy) is 1. The Labute approximate surface area is 86.4 Å². The average molecular weight is 199 g/mol. The lowest BCUT2D eigenvalue weighted by molar-refractivity contribution is 0.177. The second-order valence-electron chi connectivity index (χ2n) is 3.59. The molecular formula is C10H21N3O. The maximum absolute atomic E-state index is 7.68. The Morgan fingerprint density at radius 1 is 1.57 bits per heavy atom. The SMILES string of the molecule is COC[C@@H](C)N/C=C(\C)C(=N)N(C)C. The van der Waals surface area contributed by atoms with Gasteiger partial charge in [-0.1, -0.05) is 0 Å². The van der Waals surface area contributed by atoms with Crippen LogP contribution in [0.3, 0.4) is 0 Å². The summed E-state index contributed by atoms with van der Waals surface area (Å²) in [7, 11) is 5.40. The number of nitrogens with zero attached hydrogens (tertiary/aromatic N) is 1. The van der Waals surface area contributed by atoms with E-state index in [1.54, 1.807) is 12.0 Å². The van der Waals surface area contributed by atoms with Crippen molar-refractivity contribution in [1.29, 1.82) is 5.41 Å². The topological polar surface area (TPSA) is 48.4 Å². The molecule has 1 atom stereocenters. The van der Waals surface area contributed by atoms with Gasteiger partial charge in [0.15, 0.2) is 0 Å². The Hall–Kier alpha value is -1.03. The van der Waals surface area contributed by atoms with Crippen LogP contribution in [0.25, 0.3) is 0 Å². The van der Waals surface area contributed by atoms with Crippen molar-refractivity contribution < 1.29 is 4.74 Å². The molecule has 0 aromatic rings. The Bertz CT molecular complexity index is 211. The largest absolute Gasteiger partial charge is 0.386 e. The fraction of sp³-hybridized carbons (Fsp3) is 0.700. The van der Waals surface area contributed by atoms with Gasteiger partial charge in [0.25, 0.3) is 0 Å². The molecule has 14 heavy (non-hydrogen) atoms. The summed E-state index contributed by atoms with van der Waals surface area (Å²) in [6, 6.07) is 0.268. The van der Waals surface area contributed by atoms with Crippen LogP contribution in [0, 0.1) is 5.41 Å². The number of rotatable bonds is 5. The van der Waals surface area contributed by atoms with E-state index in [4.69, 9.17) is 10.1 Å². The minimum atomic E-state index is 0.268. The van der Waals surface area contributed by atoms with E-state index in [2.05, 4.69) is 5.32 Å². The zero-order chi connectivity index (χ0) is 11.1. The van der Waals surface area contributed by atoms with E-state index in [1.165, 1.54) is 0 Å². The smallest absolute Gasteiger partial charge is 0.124 e. The molecule has 0 aromatic carbocycles. The molecule has 0 saturated carbocycles. The molecule has 0 bridgehead atoms. The number of hydrogen-bond donors (Lipinski definition) is 2. The van der Waals surface area contributed by atoms with Crippen molar-refractivity contribution in [2.24, 2.45) is 0 Å². The molecule has 4 nitrogen and oxygen atoms in total. The summed E-state index contributed by atoms with van der Waals surface area (Å²) in [4.78, 5) is 1.77. The van der Waals surface area contributed by atoms with Gasteiger partial charge in [-0.25, -0.2) is 0 Å². The van der Waals surface area contributed by atoms with Crippen LogP contribution in [-0.4, -0.2) is 44.6 Å². The van der Waals surface area contributed by atoms with Gasteiger partial charge in [0, 0.05) is 39.0 Å². The van der Waals surface area contributed by atoms with Crippen LogP contribution in [0.15, 0.2) is 11.8 Å². The van der Waals surface area contributed by atoms with Gasteiger partial charge in [-0.05, 0) is 13.8 Å². The lowest BCUT2D eigenvalue weighted by atomic mass is 10.2. The van der Waals surface area contributed by atoms with Gasteiger partial charge in [-0.2, -0.15) is 0 Å². The fourth-order valence-electron chi connectivity index (χ4n) is 0.986. The van der Waals surface area contributed by atoms with Crippen LogP contribution >= 0.6 is 0 Å². The summed E-state index contributed by atoms with van der Waals surface area (Å²) in [6.07, 6.45) is 1.85. The number of likely N-dealkylation sites (N-methyl/N-ethyl adjacent to an activating group) is 1. The number of hydrogen-bond acceptors (Lipinski definition) is 3. The van der Waals surface area contributed by atoms with E-state index in [-0.39, 0.29) is 6.04 Å². The van der Waals surface area contributed by atoms with Gasteiger partial charge in [0.1, 0.15) is 5.84 Å². The van der Waals surface area contributed by atoms with Crippen molar-refractivity contribution in [2.75, 3.05) is 27.8 Å². The highest BCUT2D eigenvalue weighted by Crippen LogP contribution is 1.96. The van der Waals surface area contributed by atoms with E-state index in [9.17, 15) is 0 Å². The van der Waals surface area contributed by atoms with Crippen molar-refractivity contribution >= 4 is 5.84 Å². The van der Waals surface area contributed by atoms with Crippen molar-refractivity contribution in [3.8, 4) is 0 Å². The van der Waals surface area contributed by atoms with E-state index < -0.39 is 0 Å². The molecule has 0 fully saturated rings. The highest BCUT2D eigenvalue weighted by molar-refractivity contribution is 5.94. The highest BCUT2D eigenvalue weighted by Gasteiger charge is 2.02. The first-order chi connectivity index (χ1) is 6.49. The van der Waals surface area contributed by atoms with Gasteiger partial charge < -0.3 is 15.0 Å². The Morgan fingerprint density at radius 3 is 2.57 bits per heavy atom. The monoisotopic (exact) mass is 199 g/mol. The predicted molar refractivity (Wildman–Crippen MR) is 59.6 cm³/mol. The number of methoxy groups -OCH3 is 1. The molecule has 0 radical (unpaired) electrons. The summed E-state index contributed by atoms with van der Waals surface area (Å²) in [5.74, 6) is 0.516. The maximum Gasteiger partial charge on any atom is 0.124 e. The molecule has 0 spiro atoms. The predicted octanol–water partition coefficient (Wildman–Crippen LogP) is 1.05. The minimum Gasteiger partial charge on any atom is -0.386 e. The quantitative estimate of drug-likeness (QED) is 0.514. The van der Waals surface area contributed by atoms with Gasteiger partial charge in [-0.15, -0.1) is 0 Å². The lowest BCUT2D eigenvalue weighted by Gasteiger charge is -2.16. The second-order valence-corrected chi connectivity index (χ2v) is 3.59. The third-order valence-corrected chi connectivity index (χ3v) is 1.82. The summed E-state index contributed by atoms with van der Waals surface area (Å²) in [5, 5.41) is 10.8. The third-order valence-electron chi connectivity index (χ3n) is 1.82. The van der Waals surface area contributed by atoms with Crippen LogP contribution in [0.1, 0.15) is 13.8 Å². The molecule has 0 amide bonds. The summed E-state index contributed by atoms with van der Waals surface area (Å²) < 4.78 is 4.99. The molecule has 0 rings (SSSR count). The molecule has 0 unspecified atom stereocenters. The Kier molecular flexibility index (Phi) is 5.95. The summed E-state index contributed by atoms with van der Waals surface area (Å²) in [6.45, 7) is 4.61. The van der Waals surface area contributed by atoms with E-state index in [0.717, 1.165) is 5.57 Å². The van der Waals surface area contributed by atoms with E-state index in [0.29, 0.717) is 12.4 Å². The zero-order valence-corrected chi connectivity index (χ0v) is 9.72. The van der Waals surface area contributed by atoms with Crippen molar-refractivity contribution in [2.45, 2.75) is 19.9 Å². The first kappa shape index (κ1) is 13.0. The number of nitrogens with one attached hydrogen (secondary N) is 2. The minimum absolute atomic E-state index is 0.268. The molecule has 0 saturated heterocycles. The van der Waals surface area contributed by atoms with E-state index >= 15 is 0 Å². The van der Waals surface area contributed by atoms with Crippen LogP contribution in [0.2, 0.25) is 0 Å². The molecular weight excluding hydrogens is 178 g/mol. The van der Waals surface area contributed by atoms with Gasteiger partial charge in [0.05, 0.1) is 6.61 Å². The normalized spacial score (nSPS) is 13.6. The average Bonchev–Trinajstić information content (AvgIpc) is 2.13. The van der Waals surface area contributed by atoms with Crippen molar-refractivity contribution in [3.63, 3.8) is 0 Å². The molecule has 0 heterocycles. The van der Waals surface area contributed by atoms with Gasteiger partial charge >= 0.3 is 0 Å². The summed E-state index contributed by atoms with van der Waals surface area (Å²) in [5.41, 5.74) is 0.915. The second kappa shape index (κ2) is 6.43. The fourth-order valence-corrected chi connectivity index (χ4v) is 0.986. The molecule has 82 valence electrons. The van der Waals surface area contributed by atoms with Crippen LogP contribution < -0.4 is 5.32 Å². The van der Waals surface area contributed by atoms with Crippen molar-refractivity contribution in [3.05, 3.63) is 11.8 Å². The molecule has 0 aliphatic heterocycles. The molecule has 0 aliphatic rings.